The lowest BCUT2D eigenvalue weighted by Crippen LogP contribution is -2.32. The van der Waals surface area contributed by atoms with Gasteiger partial charge in [0, 0.05) is 22.0 Å². The Bertz CT molecular complexity index is 464. The van der Waals surface area contributed by atoms with Crippen LogP contribution >= 0.6 is 0 Å². The zero-order chi connectivity index (χ0) is 25.7. The second kappa shape index (κ2) is 21.4. The van der Waals surface area contributed by atoms with E-state index in [1.54, 1.807) is 46.8 Å². The van der Waals surface area contributed by atoms with Crippen molar-refractivity contribution >= 4 is 11.9 Å². The number of carboxylic acid groups (broad SMARTS) is 2. The van der Waals surface area contributed by atoms with Crippen molar-refractivity contribution in [3.05, 3.63) is 23.3 Å². The van der Waals surface area contributed by atoms with Crippen molar-refractivity contribution < 1.29 is 50.4 Å². The van der Waals surface area contributed by atoms with Gasteiger partial charge in [-0.3, -0.25) is 0 Å². The van der Waals surface area contributed by atoms with Crippen molar-refractivity contribution in [2.75, 3.05) is 39.6 Å². The third kappa shape index (κ3) is 19.9. The number of hydrogen-bond acceptors (Lipinski definition) is 8. The number of allylic oxidation sites excluding steroid dienone is 2. The highest BCUT2D eigenvalue weighted by molar-refractivity contribution is 5.85. The van der Waals surface area contributed by atoms with Gasteiger partial charge in [-0.2, -0.15) is 0 Å². The summed E-state index contributed by atoms with van der Waals surface area (Å²) < 4.78 is 0. The highest BCUT2D eigenvalue weighted by Gasteiger charge is 2.24. The second-order valence-corrected chi connectivity index (χ2v) is 7.17. The largest absolute Gasteiger partial charge is 0.478 e. The molecule has 0 aromatic carbocycles. The molecule has 0 rings (SSSR count). The SMILES string of the molecule is CC(CO)(CO)CO.CC=C(C)C(=O)O.CC=C(C)C(=O)O.CCC(CO)(CO)CO. The molecule has 10 heteroatoms. The van der Waals surface area contributed by atoms with E-state index in [0.29, 0.717) is 17.6 Å². The van der Waals surface area contributed by atoms with Gasteiger partial charge in [0.1, 0.15) is 0 Å². The van der Waals surface area contributed by atoms with Crippen LogP contribution in [0, 0.1) is 10.8 Å². The van der Waals surface area contributed by atoms with E-state index in [0.717, 1.165) is 0 Å². The third-order valence-electron chi connectivity index (χ3n) is 4.44. The van der Waals surface area contributed by atoms with Gasteiger partial charge >= 0.3 is 11.9 Å². The fourth-order valence-electron chi connectivity index (χ4n) is 0.882. The summed E-state index contributed by atoms with van der Waals surface area (Å²) in [5, 5.41) is 67.6. The number of aliphatic hydroxyl groups is 6. The highest BCUT2D eigenvalue weighted by atomic mass is 16.4. The fraction of sp³-hybridized carbons (Fsp3) is 0.714. The molecule has 0 saturated heterocycles. The molecule has 8 N–H and O–H groups in total. The van der Waals surface area contributed by atoms with Crippen molar-refractivity contribution in [1.82, 2.24) is 0 Å². The zero-order valence-corrected chi connectivity index (χ0v) is 19.5. The van der Waals surface area contributed by atoms with Gasteiger partial charge in [0.05, 0.1) is 39.6 Å². The lowest BCUT2D eigenvalue weighted by Gasteiger charge is -2.24. The van der Waals surface area contributed by atoms with Crippen LogP contribution in [0.15, 0.2) is 23.3 Å². The van der Waals surface area contributed by atoms with Crippen LogP contribution in [0.1, 0.15) is 48.0 Å². The maximum atomic E-state index is 9.86. The van der Waals surface area contributed by atoms with Crippen LogP contribution in [0.4, 0.5) is 0 Å². The standard InChI is InChI=1S/C6H14O3.C5H12O3.2C5H8O2/c1-2-6(3-7,4-8)5-9;1-5(2-6,3-7)4-8;2*1-3-4(2)5(6)7/h7-9H,2-5H2,1H3;6-8H,2-4H2,1H3;2*3H,1-2H3,(H,6,7). The molecule has 0 atom stereocenters. The molecule has 0 amide bonds. The molecule has 0 aromatic rings. The van der Waals surface area contributed by atoms with E-state index in [2.05, 4.69) is 0 Å². The summed E-state index contributed by atoms with van der Waals surface area (Å²) in [6.07, 6.45) is 3.71. The first-order chi connectivity index (χ1) is 14.3. The van der Waals surface area contributed by atoms with Gasteiger partial charge in [-0.15, -0.1) is 0 Å². The smallest absolute Gasteiger partial charge is 0.330 e. The number of carboxylic acids is 2. The molecule has 0 aliphatic heterocycles. The van der Waals surface area contributed by atoms with Gasteiger partial charge in [0.15, 0.2) is 0 Å². The summed E-state index contributed by atoms with van der Waals surface area (Å²) in [5.41, 5.74) is -0.597. The lowest BCUT2D eigenvalue weighted by molar-refractivity contribution is -0.133. The maximum absolute atomic E-state index is 9.86. The summed E-state index contributed by atoms with van der Waals surface area (Å²) in [6, 6.07) is 0. The number of hydrogen-bond donors (Lipinski definition) is 8. The number of rotatable bonds is 9. The van der Waals surface area contributed by atoms with E-state index in [4.69, 9.17) is 40.9 Å². The molecule has 0 fully saturated rings. The topological polar surface area (TPSA) is 196 Å². The van der Waals surface area contributed by atoms with E-state index in [1.807, 2.05) is 6.92 Å². The second-order valence-electron chi connectivity index (χ2n) is 7.17. The Balaban J connectivity index is -0.000000158. The van der Waals surface area contributed by atoms with Gasteiger partial charge in [0.2, 0.25) is 0 Å². The maximum Gasteiger partial charge on any atom is 0.330 e. The Labute approximate surface area is 184 Å². The molecule has 0 saturated carbocycles. The summed E-state index contributed by atoms with van der Waals surface area (Å²) in [4.78, 5) is 19.7. The molecule has 0 bridgehead atoms. The molecule has 0 aromatic heterocycles. The van der Waals surface area contributed by atoms with Gasteiger partial charge in [0.25, 0.3) is 0 Å². The number of aliphatic carboxylic acids is 2. The Morgan fingerprint density at radius 3 is 0.935 bits per heavy atom. The predicted octanol–water partition coefficient (Wildman–Crippen LogP) is 0.404. The number of aliphatic hydroxyl groups excluding tert-OH is 6. The zero-order valence-electron chi connectivity index (χ0n) is 19.5. The average Bonchev–Trinajstić information content (AvgIpc) is 2.80. The Kier molecular flexibility index (Phi) is 25.2. The van der Waals surface area contributed by atoms with Gasteiger partial charge in [-0.1, -0.05) is 26.0 Å². The first-order valence-corrected chi connectivity index (χ1v) is 9.67. The van der Waals surface area contributed by atoms with E-state index in [-0.39, 0.29) is 39.6 Å². The van der Waals surface area contributed by atoms with Gasteiger partial charge < -0.3 is 40.9 Å². The summed E-state index contributed by atoms with van der Waals surface area (Å²) >= 11 is 0. The molecule has 10 nitrogen and oxygen atoms in total. The van der Waals surface area contributed by atoms with E-state index >= 15 is 0 Å². The molecular formula is C21H42O10. The van der Waals surface area contributed by atoms with Crippen LogP contribution in [-0.2, 0) is 9.59 Å². The van der Waals surface area contributed by atoms with Gasteiger partial charge in [-0.05, 0) is 34.1 Å². The minimum Gasteiger partial charge on any atom is -0.478 e. The van der Waals surface area contributed by atoms with Crippen LogP contribution in [0.3, 0.4) is 0 Å². The first-order valence-electron chi connectivity index (χ1n) is 9.67. The van der Waals surface area contributed by atoms with E-state index in [1.165, 1.54) is 0 Å². The third-order valence-corrected chi connectivity index (χ3v) is 4.44. The molecule has 0 aliphatic carbocycles. The summed E-state index contributed by atoms with van der Waals surface area (Å²) in [7, 11) is 0. The lowest BCUT2D eigenvalue weighted by atomic mass is 9.88. The molecule has 31 heavy (non-hydrogen) atoms. The molecule has 0 radical (unpaired) electrons. The molecule has 186 valence electrons. The van der Waals surface area contributed by atoms with Crippen LogP contribution in [0.5, 0.6) is 0 Å². The van der Waals surface area contributed by atoms with Crippen LogP contribution in [0.2, 0.25) is 0 Å². The minimum absolute atomic E-state index is 0.156. The minimum atomic E-state index is -0.845. The van der Waals surface area contributed by atoms with Crippen LogP contribution in [0.25, 0.3) is 0 Å². The highest BCUT2D eigenvalue weighted by Crippen LogP contribution is 2.18. The fourth-order valence-corrected chi connectivity index (χ4v) is 0.882. The molecule has 0 heterocycles. The van der Waals surface area contributed by atoms with E-state index in [9.17, 15) is 9.59 Å². The van der Waals surface area contributed by atoms with Crippen molar-refractivity contribution in [2.24, 2.45) is 10.8 Å². The molecule has 0 unspecified atom stereocenters. The van der Waals surface area contributed by atoms with Gasteiger partial charge in [-0.25, -0.2) is 9.59 Å². The Morgan fingerprint density at radius 2 is 0.935 bits per heavy atom. The van der Waals surface area contributed by atoms with E-state index < -0.39 is 22.8 Å². The predicted molar refractivity (Wildman–Crippen MR) is 117 cm³/mol. The molecule has 0 spiro atoms. The molecular weight excluding hydrogens is 412 g/mol. The normalized spacial score (nSPS) is 11.7. The summed E-state index contributed by atoms with van der Waals surface area (Å²) in [6.45, 7) is 8.93. The Morgan fingerprint density at radius 1 is 0.677 bits per heavy atom. The number of carbonyl (C=O) groups is 2. The van der Waals surface area contributed by atoms with Crippen molar-refractivity contribution in [2.45, 2.75) is 48.0 Å². The Hall–Kier alpha value is -1.82. The molecule has 0 aliphatic rings. The van der Waals surface area contributed by atoms with Crippen molar-refractivity contribution in [3.63, 3.8) is 0 Å². The van der Waals surface area contributed by atoms with Crippen LogP contribution < -0.4 is 0 Å². The first kappa shape index (κ1) is 36.5. The monoisotopic (exact) mass is 454 g/mol. The summed E-state index contributed by atoms with van der Waals surface area (Å²) in [5.74, 6) is -1.69. The van der Waals surface area contributed by atoms with Crippen LogP contribution in [-0.4, -0.2) is 92.4 Å². The quantitative estimate of drug-likeness (QED) is 0.226. The average molecular weight is 455 g/mol. The van der Waals surface area contributed by atoms with Crippen molar-refractivity contribution in [1.29, 1.82) is 0 Å². The van der Waals surface area contributed by atoms with Crippen molar-refractivity contribution in [3.8, 4) is 0 Å².